The third-order valence-electron chi connectivity index (χ3n) is 3.91. The number of nitro groups is 1. The van der Waals surface area contributed by atoms with Crippen LogP contribution in [0.4, 0.5) is 5.69 Å². The van der Waals surface area contributed by atoms with E-state index >= 15 is 0 Å². The Labute approximate surface area is 123 Å². The number of nitrogens with zero attached hydrogens (tertiary/aromatic N) is 2. The zero-order valence-electron chi connectivity index (χ0n) is 12.5. The first kappa shape index (κ1) is 15.5. The number of carbonyl (C=O) groups excluding carboxylic acids is 1. The van der Waals surface area contributed by atoms with Gasteiger partial charge in [0.2, 0.25) is 0 Å². The largest absolute Gasteiger partial charge is 0.346 e. The molecule has 0 spiro atoms. The molecule has 1 aromatic heterocycles. The standard InChI is InChI=1S/C14H22N4O3/c1-3-8-17-10-11(18(20)21)9-12(17)13(19)16-14(2)4-6-15-7-5-14/h9-10,15H,3-8H2,1-2H3,(H,16,19). The van der Waals surface area contributed by atoms with Gasteiger partial charge in [-0.05, 0) is 39.3 Å². The van der Waals surface area contributed by atoms with Crippen LogP contribution in [0, 0.1) is 10.1 Å². The van der Waals surface area contributed by atoms with Gasteiger partial charge >= 0.3 is 0 Å². The summed E-state index contributed by atoms with van der Waals surface area (Å²) in [5.74, 6) is -0.235. The Hall–Kier alpha value is -1.89. The third kappa shape index (κ3) is 3.60. The topological polar surface area (TPSA) is 89.2 Å². The fourth-order valence-corrected chi connectivity index (χ4v) is 2.65. The highest BCUT2D eigenvalue weighted by atomic mass is 16.6. The molecule has 0 aromatic carbocycles. The van der Waals surface area contributed by atoms with Gasteiger partial charge in [-0.1, -0.05) is 6.92 Å². The first-order chi connectivity index (χ1) is 9.95. The zero-order chi connectivity index (χ0) is 15.5. The predicted molar refractivity (Wildman–Crippen MR) is 79.4 cm³/mol. The molecule has 7 nitrogen and oxygen atoms in total. The van der Waals surface area contributed by atoms with E-state index < -0.39 is 4.92 Å². The summed E-state index contributed by atoms with van der Waals surface area (Å²) in [7, 11) is 0. The minimum Gasteiger partial charge on any atom is -0.346 e. The minimum atomic E-state index is -0.463. The Morgan fingerprint density at radius 3 is 2.76 bits per heavy atom. The van der Waals surface area contributed by atoms with Crippen LogP contribution < -0.4 is 10.6 Å². The van der Waals surface area contributed by atoms with Crippen molar-refractivity contribution in [2.24, 2.45) is 0 Å². The second-order valence-corrected chi connectivity index (χ2v) is 5.80. The van der Waals surface area contributed by atoms with E-state index in [-0.39, 0.29) is 17.1 Å². The zero-order valence-corrected chi connectivity index (χ0v) is 12.5. The molecule has 0 atom stereocenters. The molecule has 1 aliphatic heterocycles. The molecule has 2 rings (SSSR count). The van der Waals surface area contributed by atoms with E-state index in [1.165, 1.54) is 12.3 Å². The number of rotatable bonds is 5. The van der Waals surface area contributed by atoms with Crippen molar-refractivity contribution in [2.75, 3.05) is 13.1 Å². The summed E-state index contributed by atoms with van der Waals surface area (Å²) in [5, 5.41) is 17.2. The Bertz CT molecular complexity index is 532. The lowest BCUT2D eigenvalue weighted by molar-refractivity contribution is -0.384. The number of hydrogen-bond acceptors (Lipinski definition) is 4. The monoisotopic (exact) mass is 294 g/mol. The lowest BCUT2D eigenvalue weighted by Crippen LogP contribution is -2.52. The summed E-state index contributed by atoms with van der Waals surface area (Å²) in [6.07, 6.45) is 3.96. The van der Waals surface area contributed by atoms with E-state index in [2.05, 4.69) is 10.6 Å². The molecule has 2 N–H and O–H groups in total. The van der Waals surface area contributed by atoms with E-state index in [1.807, 2.05) is 13.8 Å². The molecule has 1 fully saturated rings. The average molecular weight is 294 g/mol. The molecule has 0 bridgehead atoms. The molecule has 1 saturated heterocycles. The van der Waals surface area contributed by atoms with Gasteiger partial charge in [-0.25, -0.2) is 0 Å². The fourth-order valence-electron chi connectivity index (χ4n) is 2.65. The first-order valence-corrected chi connectivity index (χ1v) is 7.33. The normalized spacial score (nSPS) is 17.4. The molecule has 0 aliphatic carbocycles. The van der Waals surface area contributed by atoms with Crippen molar-refractivity contribution in [3.63, 3.8) is 0 Å². The van der Waals surface area contributed by atoms with Crippen molar-refractivity contribution in [3.8, 4) is 0 Å². The van der Waals surface area contributed by atoms with Gasteiger partial charge in [0, 0.05) is 18.2 Å². The number of carbonyl (C=O) groups is 1. The Balaban J connectivity index is 2.19. The van der Waals surface area contributed by atoms with E-state index in [9.17, 15) is 14.9 Å². The van der Waals surface area contributed by atoms with Gasteiger partial charge in [0.15, 0.2) is 0 Å². The van der Waals surface area contributed by atoms with Crippen molar-refractivity contribution in [3.05, 3.63) is 28.1 Å². The highest BCUT2D eigenvalue weighted by molar-refractivity contribution is 5.94. The number of aromatic nitrogens is 1. The third-order valence-corrected chi connectivity index (χ3v) is 3.91. The second kappa shape index (κ2) is 6.26. The van der Waals surface area contributed by atoms with E-state index in [0.717, 1.165) is 32.4 Å². The lowest BCUT2D eigenvalue weighted by Gasteiger charge is -2.35. The summed E-state index contributed by atoms with van der Waals surface area (Å²) in [6, 6.07) is 1.36. The van der Waals surface area contributed by atoms with Gasteiger partial charge in [-0.15, -0.1) is 0 Å². The van der Waals surface area contributed by atoms with Crippen molar-refractivity contribution in [1.29, 1.82) is 0 Å². The van der Waals surface area contributed by atoms with Crippen LogP contribution in [0.25, 0.3) is 0 Å². The molecule has 1 amide bonds. The molecule has 0 radical (unpaired) electrons. The fraction of sp³-hybridized carbons (Fsp3) is 0.643. The van der Waals surface area contributed by atoms with Crippen LogP contribution in [0.2, 0.25) is 0 Å². The molecule has 7 heteroatoms. The predicted octanol–water partition coefficient (Wildman–Crippen LogP) is 1.68. The highest BCUT2D eigenvalue weighted by Gasteiger charge is 2.30. The maximum atomic E-state index is 12.5. The summed E-state index contributed by atoms with van der Waals surface area (Å²) < 4.78 is 1.66. The van der Waals surface area contributed by atoms with Crippen molar-refractivity contribution in [1.82, 2.24) is 15.2 Å². The van der Waals surface area contributed by atoms with Crippen molar-refractivity contribution >= 4 is 11.6 Å². The maximum absolute atomic E-state index is 12.5. The van der Waals surface area contributed by atoms with Crippen LogP contribution in [-0.4, -0.2) is 34.0 Å². The number of piperidine rings is 1. The molecule has 0 unspecified atom stereocenters. The molecule has 21 heavy (non-hydrogen) atoms. The Kier molecular flexibility index (Phi) is 4.62. The van der Waals surface area contributed by atoms with E-state index in [4.69, 9.17) is 0 Å². The van der Waals surface area contributed by atoms with Gasteiger partial charge in [0.1, 0.15) is 5.69 Å². The van der Waals surface area contributed by atoms with Crippen LogP contribution in [0.1, 0.15) is 43.6 Å². The Morgan fingerprint density at radius 1 is 1.52 bits per heavy atom. The molecular weight excluding hydrogens is 272 g/mol. The SMILES string of the molecule is CCCn1cc([N+](=O)[O-])cc1C(=O)NC1(C)CCNCC1. The number of hydrogen-bond donors (Lipinski definition) is 2. The number of amides is 1. The summed E-state index contributed by atoms with van der Waals surface area (Å²) >= 11 is 0. The van der Waals surface area contributed by atoms with Gasteiger partial charge in [0.05, 0.1) is 11.1 Å². The summed E-state index contributed by atoms with van der Waals surface area (Å²) in [5.41, 5.74) is 0.0747. The maximum Gasteiger partial charge on any atom is 0.287 e. The number of aryl methyl sites for hydroxylation is 1. The lowest BCUT2D eigenvalue weighted by atomic mass is 9.90. The van der Waals surface area contributed by atoms with E-state index in [1.54, 1.807) is 4.57 Å². The quantitative estimate of drug-likeness (QED) is 0.638. The van der Waals surface area contributed by atoms with E-state index in [0.29, 0.717) is 12.2 Å². The van der Waals surface area contributed by atoms with Crippen LogP contribution in [0.3, 0.4) is 0 Å². The van der Waals surface area contributed by atoms with Gasteiger partial charge in [0.25, 0.3) is 11.6 Å². The van der Waals surface area contributed by atoms with Gasteiger partial charge in [-0.3, -0.25) is 14.9 Å². The molecule has 1 aromatic rings. The molecule has 116 valence electrons. The number of nitrogens with one attached hydrogen (secondary N) is 2. The molecule has 1 aliphatic rings. The van der Waals surface area contributed by atoms with Crippen molar-refractivity contribution in [2.45, 2.75) is 45.2 Å². The van der Waals surface area contributed by atoms with Crippen LogP contribution >= 0.6 is 0 Å². The molecule has 2 heterocycles. The van der Waals surface area contributed by atoms with Crippen LogP contribution in [0.15, 0.2) is 12.3 Å². The van der Waals surface area contributed by atoms with Gasteiger partial charge in [-0.2, -0.15) is 0 Å². The molecular formula is C14H22N4O3. The van der Waals surface area contributed by atoms with Gasteiger partial charge < -0.3 is 15.2 Å². The average Bonchev–Trinajstić information content (AvgIpc) is 2.84. The Morgan fingerprint density at radius 2 is 2.19 bits per heavy atom. The smallest absolute Gasteiger partial charge is 0.287 e. The second-order valence-electron chi connectivity index (χ2n) is 5.80. The van der Waals surface area contributed by atoms with Crippen LogP contribution in [0.5, 0.6) is 0 Å². The molecule has 0 saturated carbocycles. The van der Waals surface area contributed by atoms with Crippen LogP contribution in [-0.2, 0) is 6.54 Å². The van der Waals surface area contributed by atoms with Crippen molar-refractivity contribution < 1.29 is 9.72 Å². The summed E-state index contributed by atoms with van der Waals surface area (Å²) in [6.45, 7) is 6.32. The summed E-state index contributed by atoms with van der Waals surface area (Å²) in [4.78, 5) is 22.9. The minimum absolute atomic E-state index is 0.0379. The first-order valence-electron chi connectivity index (χ1n) is 7.33. The highest BCUT2D eigenvalue weighted by Crippen LogP contribution is 2.21.